The zero-order valence-electron chi connectivity index (χ0n) is 13.4. The first-order valence-corrected chi connectivity index (χ1v) is 7.68. The van der Waals surface area contributed by atoms with Gasteiger partial charge in [0.25, 0.3) is 5.91 Å². The van der Waals surface area contributed by atoms with Crippen LogP contribution in [-0.4, -0.2) is 34.0 Å². The largest absolute Gasteiger partial charge is 0.364 e. The SMILES string of the molecule is CCCCCN(CCCCC)/N=N/c1nc[nH]c1C(N)=O.Cl. The van der Waals surface area contributed by atoms with Gasteiger partial charge in [-0.3, -0.25) is 9.80 Å². The van der Waals surface area contributed by atoms with Crippen LogP contribution >= 0.6 is 12.4 Å². The summed E-state index contributed by atoms with van der Waals surface area (Å²) in [5.41, 5.74) is 5.43. The average molecular weight is 331 g/mol. The molecule has 0 radical (unpaired) electrons. The number of H-pyrrole nitrogens is 1. The van der Waals surface area contributed by atoms with E-state index in [9.17, 15) is 4.79 Å². The van der Waals surface area contributed by atoms with Crippen molar-refractivity contribution in [2.24, 2.45) is 16.1 Å². The second-order valence-corrected chi connectivity index (χ2v) is 5.02. The fourth-order valence-corrected chi connectivity index (χ4v) is 1.94. The van der Waals surface area contributed by atoms with Crippen LogP contribution in [0.5, 0.6) is 0 Å². The number of halogens is 1. The lowest BCUT2D eigenvalue weighted by molar-refractivity contribution is 0.0996. The number of hydrogen-bond donors (Lipinski definition) is 2. The number of carbonyl (C=O) groups is 1. The van der Waals surface area contributed by atoms with E-state index in [4.69, 9.17) is 5.73 Å². The first kappa shape index (κ1) is 20.4. The zero-order chi connectivity index (χ0) is 15.5. The predicted molar refractivity (Wildman–Crippen MR) is 89.5 cm³/mol. The first-order chi connectivity index (χ1) is 10.2. The van der Waals surface area contributed by atoms with Crippen molar-refractivity contribution >= 4 is 24.1 Å². The van der Waals surface area contributed by atoms with Crippen molar-refractivity contribution in [2.75, 3.05) is 13.1 Å². The molecule has 1 aromatic rings. The number of amides is 1. The van der Waals surface area contributed by atoms with Gasteiger partial charge in [-0.15, -0.1) is 17.5 Å². The number of aromatic nitrogens is 2. The molecule has 0 aliphatic heterocycles. The summed E-state index contributed by atoms with van der Waals surface area (Å²) in [5, 5.41) is 10.2. The molecule has 1 aromatic heterocycles. The fourth-order valence-electron chi connectivity index (χ4n) is 1.94. The maximum absolute atomic E-state index is 11.2. The van der Waals surface area contributed by atoms with Gasteiger partial charge in [0, 0.05) is 13.1 Å². The number of unbranched alkanes of at least 4 members (excludes halogenated alkanes) is 4. The molecule has 1 heterocycles. The van der Waals surface area contributed by atoms with E-state index >= 15 is 0 Å². The van der Waals surface area contributed by atoms with Gasteiger partial charge in [0.05, 0.1) is 6.33 Å². The van der Waals surface area contributed by atoms with E-state index in [1.54, 1.807) is 0 Å². The van der Waals surface area contributed by atoms with Gasteiger partial charge in [-0.1, -0.05) is 44.8 Å². The zero-order valence-corrected chi connectivity index (χ0v) is 14.2. The van der Waals surface area contributed by atoms with Crippen LogP contribution in [0.15, 0.2) is 16.7 Å². The first-order valence-electron chi connectivity index (χ1n) is 7.68. The standard InChI is InChI=1S/C14H26N6O.ClH/c1-3-5-7-9-20(10-8-6-4-2)19-18-14-12(13(15)21)16-11-17-14;/h11H,3-10H2,1-2H3,(H2,15,21)(H,16,17);1H/b19-18+;. The molecule has 0 bridgehead atoms. The Morgan fingerprint density at radius 1 is 1.23 bits per heavy atom. The summed E-state index contributed by atoms with van der Waals surface area (Å²) in [5.74, 6) is -0.330. The minimum Gasteiger partial charge on any atom is -0.364 e. The van der Waals surface area contributed by atoms with Gasteiger partial charge in [-0.05, 0) is 12.8 Å². The van der Waals surface area contributed by atoms with E-state index in [0.717, 1.165) is 25.9 Å². The molecular weight excluding hydrogens is 304 g/mol. The minimum atomic E-state index is -0.579. The molecule has 22 heavy (non-hydrogen) atoms. The molecule has 8 heteroatoms. The Labute approximate surface area is 138 Å². The van der Waals surface area contributed by atoms with Gasteiger partial charge in [-0.25, -0.2) is 4.98 Å². The van der Waals surface area contributed by atoms with Crippen molar-refractivity contribution in [1.29, 1.82) is 0 Å². The number of nitrogens with one attached hydrogen (secondary N) is 1. The summed E-state index contributed by atoms with van der Waals surface area (Å²) in [6, 6.07) is 0. The van der Waals surface area contributed by atoms with Gasteiger partial charge in [0.1, 0.15) is 0 Å². The summed E-state index contributed by atoms with van der Waals surface area (Å²) in [7, 11) is 0. The van der Waals surface area contributed by atoms with Crippen LogP contribution < -0.4 is 5.73 Å². The van der Waals surface area contributed by atoms with Crippen molar-refractivity contribution in [2.45, 2.75) is 52.4 Å². The number of hydrogen-bond acceptors (Lipinski definition) is 4. The molecule has 0 aliphatic rings. The Kier molecular flexibility index (Phi) is 11.1. The topological polar surface area (TPSA) is 99.7 Å². The highest BCUT2D eigenvalue weighted by Crippen LogP contribution is 2.14. The summed E-state index contributed by atoms with van der Waals surface area (Å²) < 4.78 is 0. The normalized spacial score (nSPS) is 10.6. The monoisotopic (exact) mass is 330 g/mol. The Morgan fingerprint density at radius 3 is 2.32 bits per heavy atom. The lowest BCUT2D eigenvalue weighted by Gasteiger charge is -2.17. The molecule has 0 spiro atoms. The van der Waals surface area contributed by atoms with Gasteiger partial charge in [0.15, 0.2) is 5.69 Å². The molecule has 0 aliphatic carbocycles. The Bertz CT molecular complexity index is 438. The minimum absolute atomic E-state index is 0. The van der Waals surface area contributed by atoms with E-state index in [2.05, 4.69) is 34.2 Å². The van der Waals surface area contributed by atoms with Gasteiger partial charge in [-0.2, -0.15) is 0 Å². The highest BCUT2D eigenvalue weighted by atomic mass is 35.5. The van der Waals surface area contributed by atoms with E-state index in [-0.39, 0.29) is 23.9 Å². The van der Waals surface area contributed by atoms with Crippen molar-refractivity contribution in [3.63, 3.8) is 0 Å². The smallest absolute Gasteiger partial charge is 0.269 e. The second-order valence-electron chi connectivity index (χ2n) is 5.02. The van der Waals surface area contributed by atoms with E-state index in [1.807, 2.05) is 5.01 Å². The van der Waals surface area contributed by atoms with Crippen molar-refractivity contribution in [3.8, 4) is 0 Å². The van der Waals surface area contributed by atoms with Crippen LogP contribution in [0.1, 0.15) is 62.9 Å². The van der Waals surface area contributed by atoms with E-state index in [1.165, 1.54) is 32.0 Å². The molecule has 1 rings (SSSR count). The third kappa shape index (κ3) is 7.40. The molecule has 3 N–H and O–H groups in total. The number of nitrogens with zero attached hydrogens (tertiary/aromatic N) is 4. The number of aromatic amines is 1. The maximum atomic E-state index is 11.2. The lowest BCUT2D eigenvalue weighted by atomic mass is 10.2. The van der Waals surface area contributed by atoms with Crippen LogP contribution in [-0.2, 0) is 0 Å². The van der Waals surface area contributed by atoms with Crippen LogP contribution in [0.25, 0.3) is 0 Å². The van der Waals surface area contributed by atoms with Crippen LogP contribution in [0.2, 0.25) is 0 Å². The van der Waals surface area contributed by atoms with Crippen LogP contribution in [0.4, 0.5) is 5.82 Å². The molecule has 0 fully saturated rings. The molecule has 0 atom stereocenters. The quantitative estimate of drug-likeness (QED) is 0.368. The van der Waals surface area contributed by atoms with Crippen molar-refractivity contribution in [3.05, 3.63) is 12.0 Å². The molecule has 0 saturated carbocycles. The highest BCUT2D eigenvalue weighted by Gasteiger charge is 2.10. The number of carbonyl (C=O) groups excluding carboxylic acids is 1. The van der Waals surface area contributed by atoms with Crippen LogP contribution in [0.3, 0.4) is 0 Å². The molecule has 126 valence electrons. The third-order valence-corrected chi connectivity index (χ3v) is 3.17. The average Bonchev–Trinajstić information content (AvgIpc) is 2.93. The van der Waals surface area contributed by atoms with Crippen molar-refractivity contribution in [1.82, 2.24) is 15.0 Å². The number of imidazole rings is 1. The van der Waals surface area contributed by atoms with E-state index < -0.39 is 5.91 Å². The Morgan fingerprint density at radius 2 is 1.82 bits per heavy atom. The van der Waals surface area contributed by atoms with Crippen LogP contribution in [0, 0.1) is 0 Å². The molecule has 0 aromatic carbocycles. The Balaban J connectivity index is 0.00000441. The fraction of sp³-hybridized carbons (Fsp3) is 0.714. The summed E-state index contributed by atoms with van der Waals surface area (Å²) in [4.78, 5) is 17.8. The maximum Gasteiger partial charge on any atom is 0.269 e. The number of primary amides is 1. The predicted octanol–water partition coefficient (Wildman–Crippen LogP) is 3.61. The molecule has 1 amide bonds. The van der Waals surface area contributed by atoms with E-state index in [0.29, 0.717) is 0 Å². The summed E-state index contributed by atoms with van der Waals surface area (Å²) >= 11 is 0. The molecule has 0 unspecified atom stereocenters. The number of nitrogens with two attached hydrogens (primary N) is 1. The Hall–Kier alpha value is -1.63. The summed E-state index contributed by atoms with van der Waals surface area (Å²) in [6.07, 6.45) is 8.27. The van der Waals surface area contributed by atoms with Gasteiger partial charge >= 0.3 is 0 Å². The van der Waals surface area contributed by atoms with Crippen molar-refractivity contribution < 1.29 is 4.79 Å². The second kappa shape index (κ2) is 12.0. The highest BCUT2D eigenvalue weighted by molar-refractivity contribution is 5.94. The molecular formula is C14H27ClN6O. The third-order valence-electron chi connectivity index (χ3n) is 3.17. The molecule has 0 saturated heterocycles. The van der Waals surface area contributed by atoms with Gasteiger partial charge < -0.3 is 10.7 Å². The number of rotatable bonds is 11. The van der Waals surface area contributed by atoms with Gasteiger partial charge in [0.2, 0.25) is 5.82 Å². The molecule has 7 nitrogen and oxygen atoms in total. The summed E-state index contributed by atoms with van der Waals surface area (Å²) in [6.45, 7) is 6.09. The lowest BCUT2D eigenvalue weighted by Crippen LogP contribution is -2.19.